The van der Waals surface area contributed by atoms with E-state index in [-0.39, 0.29) is 18.9 Å². The first-order valence-electron chi connectivity index (χ1n) is 1.85. The van der Waals surface area contributed by atoms with Crippen LogP contribution in [-0.2, 0) is 18.7 Å². The number of hydrogen-bond donors (Lipinski definition) is 3. The zero-order chi connectivity index (χ0) is 8.36. The van der Waals surface area contributed by atoms with Crippen molar-refractivity contribution in [1.82, 2.24) is 0 Å². The summed E-state index contributed by atoms with van der Waals surface area (Å²) in [5.74, 6) is -4.03. The molecule has 0 saturated heterocycles. The van der Waals surface area contributed by atoms with E-state index in [9.17, 15) is 14.2 Å². The first kappa shape index (κ1) is 13.3. The van der Waals surface area contributed by atoms with E-state index in [4.69, 9.17) is 14.9 Å². The quantitative estimate of drug-likeness (QED) is 0.242. The van der Waals surface area contributed by atoms with Crippen LogP contribution in [0.4, 0.5) is 0 Å². The van der Waals surface area contributed by atoms with Crippen LogP contribution in [0.15, 0.2) is 0 Å². The predicted molar refractivity (Wildman–Crippen MR) is 32.9 cm³/mol. The van der Waals surface area contributed by atoms with Crippen molar-refractivity contribution in [1.29, 1.82) is 0 Å². The second-order valence-corrected chi connectivity index (χ2v) is 2.34. The molecule has 0 fully saturated rings. The average Bonchev–Trinajstić information content (AvgIpc) is 1.60. The maximum absolute atomic E-state index is 9.84. The molecule has 0 aromatic heterocycles. The Kier molecular flexibility index (Phi) is 5.49. The Labute approximate surface area is 72.8 Å². The number of carboxylic acids is 1. The van der Waals surface area contributed by atoms with E-state index in [1.807, 2.05) is 0 Å². The van der Waals surface area contributed by atoms with Crippen LogP contribution in [0.25, 0.3) is 0 Å². The third-order valence-electron chi connectivity index (χ3n) is 0.376. The zero-order valence-corrected chi connectivity index (χ0v) is 5.32. The molecule has 0 amide bonds. The molecular weight excluding hydrogens is 174 g/mol. The van der Waals surface area contributed by atoms with Crippen LogP contribution in [0, 0.1) is 0 Å². The predicted octanol–water partition coefficient (Wildman–Crippen LogP) is -1.94. The molecule has 0 radical (unpaired) electrons. The van der Waals surface area contributed by atoms with E-state index < -0.39 is 19.8 Å². The second kappa shape index (κ2) is 4.54. The van der Waals surface area contributed by atoms with Crippen LogP contribution in [-0.4, -0.2) is 45.7 Å². The minimum absolute atomic E-state index is 0. The van der Waals surface area contributed by atoms with Crippen LogP contribution < -0.4 is 0 Å². The van der Waals surface area contributed by atoms with Crippen LogP contribution >= 0.6 is 7.82 Å². The zero-order valence-electron chi connectivity index (χ0n) is 4.42. The van der Waals surface area contributed by atoms with Crippen LogP contribution in [0.3, 0.4) is 0 Å². The summed E-state index contributed by atoms with van der Waals surface area (Å²) in [6.45, 7) is 0. The number of rotatable bonds is 1. The Hall–Kier alpha value is -0.313. The molecule has 9 heteroatoms. The van der Waals surface area contributed by atoms with Crippen molar-refractivity contribution in [2.24, 2.45) is 0 Å². The van der Waals surface area contributed by atoms with E-state index in [2.05, 4.69) is 4.52 Å². The Bertz CT molecular complexity index is 204. The van der Waals surface area contributed by atoms with Gasteiger partial charge in [-0.3, -0.25) is 9.79 Å². The Morgan fingerprint density at radius 3 is 1.73 bits per heavy atom. The molecular formula is C2H4LiO7P. The van der Waals surface area contributed by atoms with E-state index in [1.165, 1.54) is 0 Å². The Morgan fingerprint density at radius 1 is 1.27 bits per heavy atom. The molecule has 0 rings (SSSR count). The molecule has 0 aliphatic heterocycles. The standard InChI is InChI=1S/C2H3O7P.Li.H/c3-1(4)2(5)9-10(6,7)8;;/h(H,3,4)(H2,6,7,8);;. The number of carbonyl (C=O) groups is 2. The number of aliphatic carboxylic acids is 1. The van der Waals surface area contributed by atoms with Gasteiger partial charge in [0.2, 0.25) is 0 Å². The second-order valence-electron chi connectivity index (χ2n) is 1.17. The third kappa shape index (κ3) is 7.59. The normalized spacial score (nSPS) is 9.64. The topological polar surface area (TPSA) is 121 Å². The SMILES string of the molecule is O=C(O)C(=O)OP(=O)(O)O.[LiH]. The van der Waals surface area contributed by atoms with Crippen LogP contribution in [0.5, 0.6) is 0 Å². The van der Waals surface area contributed by atoms with Crippen molar-refractivity contribution in [2.75, 3.05) is 0 Å². The molecule has 0 atom stereocenters. The average molecular weight is 178 g/mol. The summed E-state index contributed by atoms with van der Waals surface area (Å²) >= 11 is 0. The first-order valence-corrected chi connectivity index (χ1v) is 3.38. The molecule has 7 nitrogen and oxygen atoms in total. The fourth-order valence-electron chi connectivity index (χ4n) is 0.147. The molecule has 0 bridgehead atoms. The number of phosphoric ester groups is 1. The van der Waals surface area contributed by atoms with Crippen molar-refractivity contribution in [3.8, 4) is 0 Å². The summed E-state index contributed by atoms with van der Waals surface area (Å²) in [6.07, 6.45) is 0. The van der Waals surface area contributed by atoms with Gasteiger partial charge >= 0.3 is 38.6 Å². The molecule has 3 N–H and O–H groups in total. The van der Waals surface area contributed by atoms with Gasteiger partial charge in [0.15, 0.2) is 0 Å². The molecule has 0 aliphatic carbocycles. The van der Waals surface area contributed by atoms with Gasteiger partial charge in [0.05, 0.1) is 0 Å². The van der Waals surface area contributed by atoms with E-state index in [0.717, 1.165) is 0 Å². The number of carboxylic acid groups (broad SMARTS) is 1. The van der Waals surface area contributed by atoms with Gasteiger partial charge in [-0.2, -0.15) is 0 Å². The molecule has 0 heterocycles. The molecule has 0 aromatic carbocycles. The number of hydrogen-bond acceptors (Lipinski definition) is 4. The van der Waals surface area contributed by atoms with Crippen molar-refractivity contribution in [3.63, 3.8) is 0 Å². The Morgan fingerprint density at radius 2 is 1.64 bits per heavy atom. The summed E-state index contributed by atoms with van der Waals surface area (Å²) in [6, 6.07) is 0. The van der Waals surface area contributed by atoms with E-state index >= 15 is 0 Å². The van der Waals surface area contributed by atoms with Crippen molar-refractivity contribution >= 4 is 38.6 Å². The fourth-order valence-corrected chi connectivity index (χ4v) is 0.441. The molecule has 0 spiro atoms. The van der Waals surface area contributed by atoms with E-state index in [0.29, 0.717) is 0 Å². The van der Waals surface area contributed by atoms with Crippen molar-refractivity contribution < 1.29 is 33.6 Å². The van der Waals surface area contributed by atoms with Gasteiger partial charge in [0.25, 0.3) is 0 Å². The van der Waals surface area contributed by atoms with Gasteiger partial charge in [-0.05, 0) is 0 Å². The van der Waals surface area contributed by atoms with Crippen molar-refractivity contribution in [3.05, 3.63) is 0 Å². The van der Waals surface area contributed by atoms with Crippen molar-refractivity contribution in [2.45, 2.75) is 0 Å². The van der Waals surface area contributed by atoms with Crippen LogP contribution in [0.2, 0.25) is 0 Å². The molecule has 11 heavy (non-hydrogen) atoms. The van der Waals surface area contributed by atoms with Gasteiger partial charge in [0, 0.05) is 0 Å². The summed E-state index contributed by atoms with van der Waals surface area (Å²) in [5.41, 5.74) is 0. The van der Waals surface area contributed by atoms with Gasteiger partial charge in [-0.25, -0.2) is 14.2 Å². The number of phosphoric acid groups is 1. The van der Waals surface area contributed by atoms with Crippen LogP contribution in [0.1, 0.15) is 0 Å². The molecule has 0 unspecified atom stereocenters. The minimum atomic E-state index is -5.01. The summed E-state index contributed by atoms with van der Waals surface area (Å²) in [5, 5.41) is 7.73. The monoisotopic (exact) mass is 178 g/mol. The molecule has 60 valence electrons. The van der Waals surface area contributed by atoms with Gasteiger partial charge < -0.3 is 9.63 Å². The molecule has 0 aliphatic rings. The summed E-state index contributed by atoms with van der Waals surface area (Å²) < 4.78 is 12.9. The fraction of sp³-hybridized carbons (Fsp3) is 0. The van der Waals surface area contributed by atoms with Gasteiger partial charge in [-0.15, -0.1) is 0 Å². The Balaban J connectivity index is 0. The van der Waals surface area contributed by atoms with Gasteiger partial charge in [0.1, 0.15) is 0 Å². The van der Waals surface area contributed by atoms with Gasteiger partial charge in [-0.1, -0.05) is 0 Å². The molecule has 0 aromatic rings. The summed E-state index contributed by atoms with van der Waals surface area (Å²) in [4.78, 5) is 35.1. The molecule has 0 saturated carbocycles. The third-order valence-corrected chi connectivity index (χ3v) is 0.780. The maximum atomic E-state index is 9.84. The summed E-state index contributed by atoms with van der Waals surface area (Å²) in [7, 11) is -5.01. The van der Waals surface area contributed by atoms with E-state index in [1.54, 1.807) is 0 Å². The first-order chi connectivity index (χ1) is 4.33. The number of carbonyl (C=O) groups excluding carboxylic acids is 1.